The number of nitrogens with zero attached hydrogens (tertiary/aromatic N) is 2. The monoisotopic (exact) mass is 214 g/mol. The van der Waals surface area contributed by atoms with Crippen molar-refractivity contribution in [2.45, 2.75) is 6.92 Å². The second kappa shape index (κ2) is 3.21. The molecule has 0 aliphatic carbocycles. The molecule has 0 spiro atoms. The van der Waals surface area contributed by atoms with Crippen LogP contribution in [-0.2, 0) is 0 Å². The molecule has 3 heteroatoms. The summed E-state index contributed by atoms with van der Waals surface area (Å²) in [4.78, 5) is 4.44. The highest BCUT2D eigenvalue weighted by molar-refractivity contribution is 7.18. The van der Waals surface area contributed by atoms with Crippen LogP contribution in [0.15, 0.2) is 42.7 Å². The lowest BCUT2D eigenvalue weighted by atomic mass is 10.3. The number of aromatic nitrogens is 2. The number of aryl methyl sites for hydroxylation is 1. The minimum atomic E-state index is 1.09. The smallest absolute Gasteiger partial charge is 0.0907 e. The normalized spacial score (nSPS) is 11.0. The molecule has 0 amide bonds. The molecule has 0 aliphatic heterocycles. The van der Waals surface area contributed by atoms with Gasteiger partial charge in [0.25, 0.3) is 0 Å². The van der Waals surface area contributed by atoms with E-state index in [1.54, 1.807) is 11.3 Å². The van der Waals surface area contributed by atoms with Crippen molar-refractivity contribution in [3.63, 3.8) is 0 Å². The van der Waals surface area contributed by atoms with Gasteiger partial charge in [-0.2, -0.15) is 0 Å². The van der Waals surface area contributed by atoms with Crippen molar-refractivity contribution < 1.29 is 0 Å². The third kappa shape index (κ3) is 1.45. The van der Waals surface area contributed by atoms with Crippen LogP contribution in [0.3, 0.4) is 0 Å². The zero-order valence-electron chi connectivity index (χ0n) is 8.34. The number of fused-ring (bicyclic) bond motifs is 1. The summed E-state index contributed by atoms with van der Waals surface area (Å²) in [7, 11) is 0. The van der Waals surface area contributed by atoms with Crippen LogP contribution in [0, 0.1) is 6.92 Å². The summed E-state index contributed by atoms with van der Waals surface area (Å²) >= 11 is 1.74. The zero-order chi connectivity index (χ0) is 10.3. The van der Waals surface area contributed by atoms with Gasteiger partial charge < -0.3 is 4.57 Å². The first kappa shape index (κ1) is 8.68. The second-order valence-electron chi connectivity index (χ2n) is 3.48. The molecule has 0 radical (unpaired) electrons. The van der Waals surface area contributed by atoms with Crippen molar-refractivity contribution in [2.24, 2.45) is 0 Å². The van der Waals surface area contributed by atoms with Gasteiger partial charge in [-0.05, 0) is 37.3 Å². The Morgan fingerprint density at radius 1 is 1.20 bits per heavy atom. The largest absolute Gasteiger partial charge is 0.324 e. The van der Waals surface area contributed by atoms with Crippen molar-refractivity contribution in [3.05, 3.63) is 47.7 Å². The third-order valence-electron chi connectivity index (χ3n) is 2.38. The molecule has 0 N–H and O–H groups in total. The Labute approximate surface area is 91.8 Å². The van der Waals surface area contributed by atoms with Crippen LogP contribution in [0.1, 0.15) is 5.01 Å². The summed E-state index contributed by atoms with van der Waals surface area (Å²) < 4.78 is 3.35. The van der Waals surface area contributed by atoms with Gasteiger partial charge in [0.2, 0.25) is 0 Å². The van der Waals surface area contributed by atoms with E-state index in [1.165, 1.54) is 10.4 Å². The van der Waals surface area contributed by atoms with E-state index in [9.17, 15) is 0 Å². The van der Waals surface area contributed by atoms with Crippen molar-refractivity contribution in [1.29, 1.82) is 0 Å². The number of benzene rings is 1. The Bertz CT molecular complexity index is 593. The van der Waals surface area contributed by atoms with Crippen LogP contribution in [0.2, 0.25) is 0 Å². The maximum absolute atomic E-state index is 4.44. The highest BCUT2D eigenvalue weighted by Gasteiger charge is 2.01. The van der Waals surface area contributed by atoms with Crippen LogP contribution < -0.4 is 0 Å². The van der Waals surface area contributed by atoms with Gasteiger partial charge in [0.1, 0.15) is 0 Å². The topological polar surface area (TPSA) is 17.8 Å². The van der Waals surface area contributed by atoms with Crippen LogP contribution in [0.4, 0.5) is 0 Å². The van der Waals surface area contributed by atoms with E-state index in [0.29, 0.717) is 0 Å². The standard InChI is InChI=1S/C12H10N2S/c1-9-13-11-5-4-10(8-12(11)15-9)14-6-2-3-7-14/h2-8H,1H3. The highest BCUT2D eigenvalue weighted by atomic mass is 32.1. The predicted octanol–water partition coefficient (Wildman–Crippen LogP) is 3.40. The molecular weight excluding hydrogens is 204 g/mol. The second-order valence-corrected chi connectivity index (χ2v) is 4.71. The molecule has 0 bridgehead atoms. The van der Waals surface area contributed by atoms with E-state index >= 15 is 0 Å². The average Bonchev–Trinajstić information content (AvgIpc) is 2.82. The summed E-state index contributed by atoms with van der Waals surface area (Å²) in [5.41, 5.74) is 2.28. The summed E-state index contributed by atoms with van der Waals surface area (Å²) in [5.74, 6) is 0. The Morgan fingerprint density at radius 2 is 2.00 bits per heavy atom. The van der Waals surface area contributed by atoms with E-state index in [1.807, 2.05) is 19.1 Å². The molecule has 0 atom stereocenters. The summed E-state index contributed by atoms with van der Waals surface area (Å²) in [5, 5.41) is 1.12. The number of hydrogen-bond acceptors (Lipinski definition) is 2. The molecule has 2 nitrogen and oxygen atoms in total. The zero-order valence-corrected chi connectivity index (χ0v) is 9.16. The molecule has 74 valence electrons. The molecule has 15 heavy (non-hydrogen) atoms. The molecule has 2 heterocycles. The molecule has 2 aromatic heterocycles. The minimum Gasteiger partial charge on any atom is -0.324 e. The van der Waals surface area contributed by atoms with Gasteiger partial charge >= 0.3 is 0 Å². The summed E-state index contributed by atoms with van der Waals surface area (Å²) in [6.45, 7) is 2.04. The number of rotatable bonds is 1. The fraction of sp³-hybridized carbons (Fsp3) is 0.0833. The lowest BCUT2D eigenvalue weighted by molar-refractivity contribution is 1.08. The van der Waals surface area contributed by atoms with Crippen LogP contribution in [-0.4, -0.2) is 9.55 Å². The van der Waals surface area contributed by atoms with Crippen LogP contribution >= 0.6 is 11.3 Å². The van der Waals surface area contributed by atoms with Crippen molar-refractivity contribution in [3.8, 4) is 5.69 Å². The predicted molar refractivity (Wildman–Crippen MR) is 63.7 cm³/mol. The van der Waals surface area contributed by atoms with Crippen LogP contribution in [0.25, 0.3) is 15.9 Å². The Hall–Kier alpha value is -1.61. The fourth-order valence-electron chi connectivity index (χ4n) is 1.70. The van der Waals surface area contributed by atoms with E-state index < -0.39 is 0 Å². The van der Waals surface area contributed by atoms with E-state index in [0.717, 1.165) is 10.5 Å². The fourth-order valence-corrected chi connectivity index (χ4v) is 2.56. The van der Waals surface area contributed by atoms with Gasteiger partial charge in [0, 0.05) is 18.1 Å². The van der Waals surface area contributed by atoms with E-state index in [4.69, 9.17) is 0 Å². The van der Waals surface area contributed by atoms with Gasteiger partial charge in [-0.1, -0.05) is 0 Å². The number of hydrogen-bond donors (Lipinski definition) is 0. The number of thiazole rings is 1. The third-order valence-corrected chi connectivity index (χ3v) is 3.32. The average molecular weight is 214 g/mol. The van der Waals surface area contributed by atoms with Gasteiger partial charge in [0.05, 0.1) is 15.2 Å². The summed E-state index contributed by atoms with van der Waals surface area (Å²) in [6.07, 6.45) is 4.10. The molecule has 0 fully saturated rings. The maximum atomic E-state index is 4.44. The van der Waals surface area contributed by atoms with Crippen molar-refractivity contribution in [2.75, 3.05) is 0 Å². The van der Waals surface area contributed by atoms with E-state index in [-0.39, 0.29) is 0 Å². The van der Waals surface area contributed by atoms with Gasteiger partial charge in [-0.25, -0.2) is 4.98 Å². The molecule has 3 rings (SSSR count). The molecule has 3 aromatic rings. The molecular formula is C12H10N2S. The van der Waals surface area contributed by atoms with Crippen LogP contribution in [0.5, 0.6) is 0 Å². The summed E-state index contributed by atoms with van der Waals surface area (Å²) in [6, 6.07) is 10.4. The molecule has 0 unspecified atom stereocenters. The van der Waals surface area contributed by atoms with Crippen molar-refractivity contribution in [1.82, 2.24) is 9.55 Å². The first-order chi connectivity index (χ1) is 7.33. The first-order valence-electron chi connectivity index (χ1n) is 4.83. The van der Waals surface area contributed by atoms with Crippen molar-refractivity contribution >= 4 is 21.6 Å². The minimum absolute atomic E-state index is 1.09. The lowest BCUT2D eigenvalue weighted by Gasteiger charge is -2.01. The van der Waals surface area contributed by atoms with Gasteiger partial charge in [0.15, 0.2) is 0 Å². The van der Waals surface area contributed by atoms with Gasteiger partial charge in [-0.15, -0.1) is 11.3 Å². The first-order valence-corrected chi connectivity index (χ1v) is 5.65. The van der Waals surface area contributed by atoms with Gasteiger partial charge in [-0.3, -0.25) is 0 Å². The molecule has 0 aliphatic rings. The Balaban J connectivity index is 2.21. The Morgan fingerprint density at radius 3 is 2.80 bits per heavy atom. The highest BCUT2D eigenvalue weighted by Crippen LogP contribution is 2.24. The SMILES string of the molecule is Cc1nc2ccc(-n3cccc3)cc2s1. The molecule has 0 saturated heterocycles. The quantitative estimate of drug-likeness (QED) is 0.607. The molecule has 1 aromatic carbocycles. The molecule has 0 saturated carbocycles. The lowest BCUT2D eigenvalue weighted by Crippen LogP contribution is -1.87. The van der Waals surface area contributed by atoms with E-state index in [2.05, 4.69) is 40.1 Å². The maximum Gasteiger partial charge on any atom is 0.0907 e. The Kier molecular flexibility index (Phi) is 1.86.